The molecule has 2 aromatic carbocycles. The minimum absolute atomic E-state index is 0.0690. The maximum absolute atomic E-state index is 14.1. The molecule has 5 rings (SSSR count). The molecule has 0 bridgehead atoms. The molecule has 1 aromatic heterocycles. The van der Waals surface area contributed by atoms with Gasteiger partial charge >= 0.3 is 0 Å². The van der Waals surface area contributed by atoms with Gasteiger partial charge in [-0.25, -0.2) is 22.2 Å². The molecular weight excluding hydrogens is 634 g/mol. The molecule has 4 atom stereocenters. The summed E-state index contributed by atoms with van der Waals surface area (Å²) in [5.41, 5.74) is 1.33. The molecule has 0 aliphatic carbocycles. The van der Waals surface area contributed by atoms with Crippen LogP contribution in [0.3, 0.4) is 0 Å². The molecule has 2 aliphatic rings. The average molecular weight is 675 g/mol. The van der Waals surface area contributed by atoms with E-state index in [1.54, 1.807) is 38.1 Å². The maximum atomic E-state index is 14.1. The van der Waals surface area contributed by atoms with Gasteiger partial charge in [0.15, 0.2) is 5.03 Å². The quantitative estimate of drug-likeness (QED) is 0.278. The predicted octanol–water partition coefficient (Wildman–Crippen LogP) is 1.62. The molecule has 12 nitrogen and oxygen atoms in total. The maximum Gasteiger partial charge on any atom is 0.262 e. The van der Waals surface area contributed by atoms with Crippen LogP contribution >= 0.6 is 0 Å². The number of ether oxygens (including phenoxy) is 1. The highest BCUT2D eigenvalue weighted by Gasteiger charge is 2.38. The molecule has 0 unspecified atom stereocenters. The minimum Gasteiger partial charge on any atom is -0.389 e. The van der Waals surface area contributed by atoms with Crippen LogP contribution in [-0.4, -0.2) is 108 Å². The molecule has 0 saturated carbocycles. The van der Waals surface area contributed by atoms with Crippen molar-refractivity contribution in [3.05, 3.63) is 82.8 Å². The molecular formula is C32H40F2N6O6S. The van der Waals surface area contributed by atoms with Crippen molar-refractivity contribution in [1.82, 2.24) is 29.4 Å². The molecule has 3 N–H and O–H groups in total. The SMILES string of the molecule is COC[C@H]1CCCN1C(=O)c1cc(C)cc(C(=O)N[C@@H](Cc2cc(F)cc(F)c2)[C@H](O)[C@H]2CN(S(=O)(=O)c3cn(C)cn3)CCN2)c1. The van der Waals surface area contributed by atoms with Crippen LogP contribution in [0.2, 0.25) is 0 Å². The monoisotopic (exact) mass is 674 g/mol. The van der Waals surface area contributed by atoms with Crippen LogP contribution in [0, 0.1) is 18.6 Å². The van der Waals surface area contributed by atoms with E-state index in [-0.39, 0.29) is 54.2 Å². The molecule has 254 valence electrons. The summed E-state index contributed by atoms with van der Waals surface area (Å²) in [6, 6.07) is 5.70. The lowest BCUT2D eigenvalue weighted by Gasteiger charge is -2.38. The number of hydrogen-bond donors (Lipinski definition) is 3. The normalized spacial score (nSPS) is 20.3. The molecule has 47 heavy (non-hydrogen) atoms. The second-order valence-corrected chi connectivity index (χ2v) is 14.1. The van der Waals surface area contributed by atoms with Gasteiger partial charge in [0, 0.05) is 69.8 Å². The van der Waals surface area contributed by atoms with Crippen LogP contribution in [0.25, 0.3) is 0 Å². The van der Waals surface area contributed by atoms with Crippen molar-refractivity contribution < 1.29 is 36.6 Å². The summed E-state index contributed by atoms with van der Waals surface area (Å²) in [4.78, 5) is 32.9. The lowest BCUT2D eigenvalue weighted by Crippen LogP contribution is -2.62. The van der Waals surface area contributed by atoms with Crippen molar-refractivity contribution >= 4 is 21.8 Å². The third kappa shape index (κ3) is 8.04. The molecule has 0 radical (unpaired) electrons. The van der Waals surface area contributed by atoms with E-state index in [4.69, 9.17) is 4.74 Å². The molecule has 3 heterocycles. The summed E-state index contributed by atoms with van der Waals surface area (Å²) in [6.07, 6.45) is 2.85. The molecule has 3 aromatic rings. The number of aryl methyl sites for hydroxylation is 2. The van der Waals surface area contributed by atoms with Crippen LogP contribution < -0.4 is 10.6 Å². The Labute approximate surface area is 272 Å². The predicted molar refractivity (Wildman–Crippen MR) is 168 cm³/mol. The molecule has 15 heteroatoms. The fourth-order valence-corrected chi connectivity index (χ4v) is 7.73. The standard InChI is InChI=1S/C32H40F2N6O6S/c1-20-9-22(14-23(10-20)32(43)40-7-4-5-26(40)18-46-3)31(42)37-27(13-21-11-24(33)15-25(34)12-21)30(41)28-16-39(8-6-35-28)47(44,45)29-17-38(2)19-36-29/h9-12,14-15,17,19,26-28,30,35,41H,4-8,13,16,18H2,1-3H3,(H,37,42)/t26-,27+,28-,30+/m1/s1. The number of carbonyl (C=O) groups is 2. The van der Waals surface area contributed by atoms with Crippen LogP contribution in [0.5, 0.6) is 0 Å². The summed E-state index contributed by atoms with van der Waals surface area (Å²) < 4.78 is 62.9. The number of carbonyl (C=O) groups excluding carboxylic acids is 2. The van der Waals surface area contributed by atoms with Crippen LogP contribution in [0.4, 0.5) is 8.78 Å². The number of amides is 2. The number of benzene rings is 2. The van der Waals surface area contributed by atoms with Crippen molar-refractivity contribution in [3.8, 4) is 0 Å². The van der Waals surface area contributed by atoms with Gasteiger partial charge in [-0.05, 0) is 67.6 Å². The van der Waals surface area contributed by atoms with Gasteiger partial charge in [0.1, 0.15) is 11.6 Å². The van der Waals surface area contributed by atoms with Crippen molar-refractivity contribution in [3.63, 3.8) is 0 Å². The van der Waals surface area contributed by atoms with E-state index in [2.05, 4.69) is 15.6 Å². The first-order valence-electron chi connectivity index (χ1n) is 15.4. The lowest BCUT2D eigenvalue weighted by molar-refractivity contribution is 0.0599. The van der Waals surface area contributed by atoms with E-state index in [1.165, 1.54) is 27.5 Å². The minimum atomic E-state index is -3.98. The van der Waals surface area contributed by atoms with Gasteiger partial charge in [-0.1, -0.05) is 0 Å². The Balaban J connectivity index is 1.39. The zero-order chi connectivity index (χ0) is 33.9. The molecule has 2 saturated heterocycles. The number of likely N-dealkylation sites (tertiary alicyclic amines) is 1. The number of imidazole rings is 1. The number of rotatable bonds is 11. The highest BCUT2D eigenvalue weighted by Crippen LogP contribution is 2.23. The number of hydrogen-bond acceptors (Lipinski definition) is 8. The Morgan fingerprint density at radius 3 is 2.53 bits per heavy atom. The Bertz CT molecular complexity index is 1700. The van der Waals surface area contributed by atoms with Crippen molar-refractivity contribution in [2.24, 2.45) is 7.05 Å². The number of nitrogens with one attached hydrogen (secondary N) is 2. The van der Waals surface area contributed by atoms with Crippen LogP contribution in [0.1, 0.15) is 44.7 Å². The number of aliphatic hydroxyl groups is 1. The van der Waals surface area contributed by atoms with Crippen LogP contribution in [0.15, 0.2) is 53.9 Å². The summed E-state index contributed by atoms with van der Waals surface area (Å²) in [5, 5.41) is 17.4. The topological polar surface area (TPSA) is 146 Å². The highest BCUT2D eigenvalue weighted by molar-refractivity contribution is 7.89. The van der Waals surface area contributed by atoms with E-state index >= 15 is 0 Å². The van der Waals surface area contributed by atoms with Crippen LogP contribution in [-0.2, 0) is 28.2 Å². The number of halogens is 2. The molecule has 2 aliphatic heterocycles. The number of aliphatic hydroxyl groups excluding tert-OH is 1. The fourth-order valence-electron chi connectivity index (χ4n) is 6.30. The third-order valence-electron chi connectivity index (χ3n) is 8.56. The van der Waals surface area contributed by atoms with Crippen molar-refractivity contribution in [2.75, 3.05) is 39.9 Å². The van der Waals surface area contributed by atoms with Gasteiger partial charge in [0.25, 0.3) is 21.8 Å². The zero-order valence-corrected chi connectivity index (χ0v) is 27.3. The summed E-state index contributed by atoms with van der Waals surface area (Å²) >= 11 is 0. The van der Waals surface area contributed by atoms with E-state index < -0.39 is 45.8 Å². The smallest absolute Gasteiger partial charge is 0.262 e. The van der Waals surface area contributed by atoms with Gasteiger partial charge in [-0.2, -0.15) is 4.31 Å². The number of sulfonamides is 1. The van der Waals surface area contributed by atoms with Gasteiger partial charge in [0.05, 0.1) is 31.1 Å². The highest BCUT2D eigenvalue weighted by atomic mass is 32.2. The summed E-state index contributed by atoms with van der Waals surface area (Å²) in [7, 11) is -0.751. The second-order valence-electron chi connectivity index (χ2n) is 12.2. The van der Waals surface area contributed by atoms with E-state index in [1.807, 2.05) is 0 Å². The number of aromatic nitrogens is 2. The third-order valence-corrected chi connectivity index (χ3v) is 10.3. The van der Waals surface area contributed by atoms with Crippen molar-refractivity contribution in [1.29, 1.82) is 0 Å². The Hall–Kier alpha value is -3.76. The molecule has 2 fully saturated rings. The first-order valence-corrected chi connectivity index (χ1v) is 16.9. The van der Waals surface area contributed by atoms with E-state index in [0.717, 1.165) is 31.0 Å². The lowest BCUT2D eigenvalue weighted by atomic mass is 9.94. The van der Waals surface area contributed by atoms with E-state index in [9.17, 15) is 31.9 Å². The first-order chi connectivity index (χ1) is 22.3. The van der Waals surface area contributed by atoms with Gasteiger partial charge in [-0.15, -0.1) is 0 Å². The second kappa shape index (κ2) is 14.6. The molecule has 0 spiro atoms. The summed E-state index contributed by atoms with van der Waals surface area (Å²) in [5.74, 6) is -2.49. The van der Waals surface area contributed by atoms with Gasteiger partial charge in [0.2, 0.25) is 0 Å². The Morgan fingerprint density at radius 2 is 1.85 bits per heavy atom. The Kier molecular flexibility index (Phi) is 10.7. The number of piperazine rings is 1. The number of methoxy groups -OCH3 is 1. The average Bonchev–Trinajstić information content (AvgIpc) is 3.69. The van der Waals surface area contributed by atoms with Crippen molar-refractivity contribution in [2.45, 2.75) is 55.4 Å². The Morgan fingerprint density at radius 1 is 1.13 bits per heavy atom. The molecule has 2 amide bonds. The number of nitrogens with zero attached hydrogens (tertiary/aromatic N) is 4. The van der Waals surface area contributed by atoms with Gasteiger partial charge in [-0.3, -0.25) is 9.59 Å². The van der Waals surface area contributed by atoms with Gasteiger partial charge < -0.3 is 29.9 Å². The summed E-state index contributed by atoms with van der Waals surface area (Å²) in [6.45, 7) is 2.91. The van der Waals surface area contributed by atoms with E-state index in [0.29, 0.717) is 24.3 Å². The first kappa shape index (κ1) is 34.6. The fraction of sp³-hybridized carbons (Fsp3) is 0.469. The zero-order valence-electron chi connectivity index (χ0n) is 26.5. The largest absolute Gasteiger partial charge is 0.389 e.